The van der Waals surface area contributed by atoms with Crippen molar-refractivity contribution in [3.63, 3.8) is 0 Å². The zero-order valence-corrected chi connectivity index (χ0v) is 18.7. The van der Waals surface area contributed by atoms with Gasteiger partial charge in [-0.1, -0.05) is 13.8 Å². The molecule has 2 aliphatic rings. The van der Waals surface area contributed by atoms with Crippen LogP contribution in [0.15, 0.2) is 30.5 Å². The molecule has 1 aromatic carbocycles. The Morgan fingerprint density at radius 2 is 2.19 bits per heavy atom. The topological polar surface area (TPSA) is 87.9 Å². The maximum atomic E-state index is 12.4. The van der Waals surface area contributed by atoms with E-state index in [9.17, 15) is 10.1 Å². The molecule has 0 aliphatic carbocycles. The van der Waals surface area contributed by atoms with Gasteiger partial charge in [0.25, 0.3) is 0 Å². The summed E-state index contributed by atoms with van der Waals surface area (Å²) in [4.78, 5) is 20.6. The second kappa shape index (κ2) is 9.35. The third-order valence-electron chi connectivity index (χ3n) is 5.64. The first-order chi connectivity index (χ1) is 15.5. The number of rotatable bonds is 6. The predicted octanol–water partition coefficient (Wildman–Crippen LogP) is 3.52. The van der Waals surface area contributed by atoms with E-state index in [-0.39, 0.29) is 12.0 Å². The lowest BCUT2D eigenvalue weighted by Gasteiger charge is -2.31. The number of nitriles is 1. The summed E-state index contributed by atoms with van der Waals surface area (Å²) < 4.78 is 17.2. The highest BCUT2D eigenvalue weighted by Gasteiger charge is 2.28. The molecule has 1 saturated heterocycles. The monoisotopic (exact) mass is 436 g/mol. The van der Waals surface area contributed by atoms with E-state index in [2.05, 4.69) is 29.8 Å². The molecule has 1 amide bonds. The van der Waals surface area contributed by atoms with Gasteiger partial charge in [-0.3, -0.25) is 4.79 Å². The fourth-order valence-electron chi connectivity index (χ4n) is 4.09. The van der Waals surface area contributed by atoms with Gasteiger partial charge in [0.1, 0.15) is 35.8 Å². The first-order valence-electron chi connectivity index (χ1n) is 10.9. The van der Waals surface area contributed by atoms with E-state index in [1.54, 1.807) is 12.3 Å². The molecule has 1 aromatic heterocycles. The number of anilines is 2. The Morgan fingerprint density at radius 3 is 2.94 bits per heavy atom. The molecule has 8 nitrogen and oxygen atoms in total. The van der Waals surface area contributed by atoms with Crippen LogP contribution < -0.4 is 19.1 Å². The number of benzene rings is 1. The number of ether oxygens (including phenoxy) is 3. The standard InChI is InChI=1S/C24H28N4O4/c1-16(2)10-23(29)27-7-6-20(15-27)32-19-4-5-22-21(12-19)28(8-9-31-22)18-11-17(13-25)24(30-3)26-14-18/h4-5,11-12,14,16,20H,6-10,15H2,1-3H3. The van der Waals surface area contributed by atoms with Crippen LogP contribution >= 0.6 is 0 Å². The van der Waals surface area contributed by atoms with Crippen molar-refractivity contribution in [2.45, 2.75) is 32.8 Å². The number of hydrogen-bond donors (Lipinski definition) is 0. The van der Waals surface area contributed by atoms with Gasteiger partial charge in [-0.05, 0) is 24.1 Å². The van der Waals surface area contributed by atoms with Gasteiger partial charge in [-0.15, -0.1) is 0 Å². The Hall–Kier alpha value is -3.47. The number of pyridine rings is 1. The molecular formula is C24H28N4O4. The quantitative estimate of drug-likeness (QED) is 0.685. The molecule has 4 rings (SSSR count). The molecule has 1 unspecified atom stereocenters. The number of amides is 1. The molecular weight excluding hydrogens is 408 g/mol. The van der Waals surface area contributed by atoms with Crippen LogP contribution in [0.5, 0.6) is 17.4 Å². The van der Waals surface area contributed by atoms with Gasteiger partial charge in [-0.2, -0.15) is 5.26 Å². The predicted molar refractivity (Wildman–Crippen MR) is 120 cm³/mol. The summed E-state index contributed by atoms with van der Waals surface area (Å²) in [6.07, 6.45) is 3.04. The Labute approximate surface area is 188 Å². The van der Waals surface area contributed by atoms with Crippen LogP contribution in [0.2, 0.25) is 0 Å². The maximum Gasteiger partial charge on any atom is 0.231 e. The summed E-state index contributed by atoms with van der Waals surface area (Å²) in [5.74, 6) is 2.32. The number of carbonyl (C=O) groups is 1. The normalized spacial score (nSPS) is 17.5. The third kappa shape index (κ3) is 4.57. The lowest BCUT2D eigenvalue weighted by Crippen LogP contribution is -2.31. The Balaban J connectivity index is 1.51. The number of fused-ring (bicyclic) bond motifs is 1. The molecule has 32 heavy (non-hydrogen) atoms. The van der Waals surface area contributed by atoms with Gasteiger partial charge >= 0.3 is 0 Å². The fraction of sp³-hybridized carbons (Fsp3) is 0.458. The lowest BCUT2D eigenvalue weighted by molar-refractivity contribution is -0.131. The molecule has 1 atom stereocenters. The third-order valence-corrected chi connectivity index (χ3v) is 5.64. The van der Waals surface area contributed by atoms with Crippen molar-refractivity contribution in [2.75, 3.05) is 38.3 Å². The molecule has 0 saturated carbocycles. The van der Waals surface area contributed by atoms with Gasteiger partial charge in [-0.25, -0.2) is 4.98 Å². The molecule has 0 bridgehead atoms. The number of aromatic nitrogens is 1. The number of carbonyl (C=O) groups excluding carboxylic acids is 1. The van der Waals surface area contributed by atoms with E-state index in [0.717, 1.165) is 35.8 Å². The molecule has 0 spiro atoms. The van der Waals surface area contributed by atoms with Crippen LogP contribution in [0.4, 0.5) is 11.4 Å². The largest absolute Gasteiger partial charge is 0.490 e. The van der Waals surface area contributed by atoms with Crippen molar-refractivity contribution >= 4 is 17.3 Å². The molecule has 3 heterocycles. The highest BCUT2D eigenvalue weighted by atomic mass is 16.5. The van der Waals surface area contributed by atoms with Crippen molar-refractivity contribution in [2.24, 2.45) is 5.92 Å². The average molecular weight is 437 g/mol. The van der Waals surface area contributed by atoms with Gasteiger partial charge in [0.2, 0.25) is 11.8 Å². The van der Waals surface area contributed by atoms with E-state index in [1.807, 2.05) is 23.1 Å². The molecule has 0 radical (unpaired) electrons. The van der Waals surface area contributed by atoms with Crippen LogP contribution in [-0.4, -0.2) is 55.2 Å². The second-order valence-corrected chi connectivity index (χ2v) is 8.46. The summed E-state index contributed by atoms with van der Waals surface area (Å²) in [6.45, 7) is 6.59. The van der Waals surface area contributed by atoms with Crippen molar-refractivity contribution < 1.29 is 19.0 Å². The Morgan fingerprint density at radius 1 is 1.34 bits per heavy atom. The lowest BCUT2D eigenvalue weighted by atomic mass is 10.1. The van der Waals surface area contributed by atoms with E-state index < -0.39 is 0 Å². The molecule has 0 N–H and O–H groups in total. The molecule has 2 aromatic rings. The minimum Gasteiger partial charge on any atom is -0.490 e. The number of likely N-dealkylation sites (tertiary alicyclic amines) is 1. The van der Waals surface area contributed by atoms with Crippen LogP contribution in [0, 0.1) is 17.2 Å². The number of methoxy groups -OCH3 is 1. The summed E-state index contributed by atoms with van der Waals surface area (Å²) >= 11 is 0. The zero-order valence-electron chi connectivity index (χ0n) is 18.7. The zero-order chi connectivity index (χ0) is 22.7. The Bertz CT molecular complexity index is 1030. The van der Waals surface area contributed by atoms with Crippen LogP contribution in [-0.2, 0) is 4.79 Å². The first kappa shape index (κ1) is 21.8. The summed E-state index contributed by atoms with van der Waals surface area (Å²) in [5.41, 5.74) is 2.02. The van der Waals surface area contributed by atoms with Crippen molar-refractivity contribution in [1.29, 1.82) is 5.26 Å². The molecule has 168 valence electrons. The van der Waals surface area contributed by atoms with Crippen molar-refractivity contribution in [3.8, 4) is 23.4 Å². The summed E-state index contributed by atoms with van der Waals surface area (Å²) in [5, 5.41) is 9.42. The fourth-order valence-corrected chi connectivity index (χ4v) is 4.09. The molecule has 2 aliphatic heterocycles. The SMILES string of the molecule is COc1ncc(N2CCOc3ccc(OC4CCN(C(=O)CC(C)C)C4)cc32)cc1C#N. The van der Waals surface area contributed by atoms with Crippen LogP contribution in [0.1, 0.15) is 32.3 Å². The molecule has 1 fully saturated rings. The number of hydrogen-bond acceptors (Lipinski definition) is 7. The minimum atomic E-state index is -0.0324. The second-order valence-electron chi connectivity index (χ2n) is 8.46. The maximum absolute atomic E-state index is 12.4. The first-order valence-corrected chi connectivity index (χ1v) is 10.9. The van der Waals surface area contributed by atoms with Crippen LogP contribution in [0.25, 0.3) is 0 Å². The summed E-state index contributed by atoms with van der Waals surface area (Å²) in [6, 6.07) is 9.64. The minimum absolute atomic E-state index is 0.0324. The highest BCUT2D eigenvalue weighted by Crippen LogP contribution is 2.40. The van der Waals surface area contributed by atoms with Gasteiger partial charge in [0, 0.05) is 25.5 Å². The van der Waals surface area contributed by atoms with Crippen molar-refractivity contribution in [3.05, 3.63) is 36.0 Å². The average Bonchev–Trinajstić information content (AvgIpc) is 3.26. The highest BCUT2D eigenvalue weighted by molar-refractivity contribution is 5.76. The van der Waals surface area contributed by atoms with E-state index in [1.165, 1.54) is 7.11 Å². The van der Waals surface area contributed by atoms with E-state index in [0.29, 0.717) is 43.5 Å². The van der Waals surface area contributed by atoms with Crippen molar-refractivity contribution in [1.82, 2.24) is 9.88 Å². The van der Waals surface area contributed by atoms with Crippen LogP contribution in [0.3, 0.4) is 0 Å². The molecule has 8 heteroatoms. The van der Waals surface area contributed by atoms with E-state index in [4.69, 9.17) is 14.2 Å². The van der Waals surface area contributed by atoms with Gasteiger partial charge in [0.15, 0.2) is 0 Å². The number of nitrogens with zero attached hydrogens (tertiary/aromatic N) is 4. The van der Waals surface area contributed by atoms with E-state index >= 15 is 0 Å². The van der Waals surface area contributed by atoms with Gasteiger partial charge < -0.3 is 24.0 Å². The Kier molecular flexibility index (Phi) is 6.35. The summed E-state index contributed by atoms with van der Waals surface area (Å²) in [7, 11) is 1.50. The van der Waals surface area contributed by atoms with Gasteiger partial charge in [0.05, 0.1) is 37.8 Å². The smallest absolute Gasteiger partial charge is 0.231 e.